The number of carbonyl (C=O) groups excluding carboxylic acids is 3. The Hall–Kier alpha value is -2.86. The number of hydrogen-bond acceptors (Lipinski definition) is 4. The Labute approximate surface area is 162 Å². The van der Waals surface area contributed by atoms with Crippen LogP contribution in [-0.4, -0.2) is 42.8 Å². The lowest BCUT2D eigenvalue weighted by Gasteiger charge is -2.13. The second kappa shape index (κ2) is 8.22. The number of ether oxygens (including phenoxy) is 1. The molecular weight excluding hydrogens is 368 g/mol. The summed E-state index contributed by atoms with van der Waals surface area (Å²) in [4.78, 5) is 37.8. The van der Waals surface area contributed by atoms with Crippen LogP contribution in [0, 0.1) is 0 Å². The zero-order chi connectivity index (χ0) is 19.4. The van der Waals surface area contributed by atoms with Crippen molar-refractivity contribution in [3.63, 3.8) is 0 Å². The van der Waals surface area contributed by atoms with Crippen LogP contribution in [0.5, 0.6) is 5.75 Å². The van der Waals surface area contributed by atoms with Gasteiger partial charge in [0.2, 0.25) is 5.91 Å². The van der Waals surface area contributed by atoms with Crippen molar-refractivity contribution in [2.75, 3.05) is 20.2 Å². The van der Waals surface area contributed by atoms with E-state index < -0.39 is 11.8 Å². The first kappa shape index (κ1) is 18.9. The van der Waals surface area contributed by atoms with Crippen LogP contribution >= 0.6 is 11.6 Å². The maximum atomic E-state index is 12.3. The molecule has 0 fully saturated rings. The molecule has 0 aliphatic carbocycles. The highest BCUT2D eigenvalue weighted by Crippen LogP contribution is 2.25. The molecule has 0 saturated carbocycles. The van der Waals surface area contributed by atoms with E-state index >= 15 is 0 Å². The summed E-state index contributed by atoms with van der Waals surface area (Å²) in [6.45, 7) is 0.499. The van der Waals surface area contributed by atoms with E-state index in [4.69, 9.17) is 16.3 Å². The summed E-state index contributed by atoms with van der Waals surface area (Å²) in [5.74, 6) is -0.255. The number of benzene rings is 2. The van der Waals surface area contributed by atoms with Crippen LogP contribution in [-0.2, 0) is 11.2 Å². The van der Waals surface area contributed by atoms with E-state index in [-0.39, 0.29) is 24.4 Å². The molecule has 27 heavy (non-hydrogen) atoms. The topological polar surface area (TPSA) is 75.7 Å². The number of nitrogens with one attached hydrogen (secondary N) is 1. The van der Waals surface area contributed by atoms with Gasteiger partial charge in [0, 0.05) is 24.5 Å². The average Bonchev–Trinajstić information content (AvgIpc) is 2.90. The molecule has 7 heteroatoms. The molecule has 6 nitrogen and oxygen atoms in total. The highest BCUT2D eigenvalue weighted by atomic mass is 35.5. The van der Waals surface area contributed by atoms with Crippen LogP contribution in [0.2, 0.25) is 5.02 Å². The van der Waals surface area contributed by atoms with Gasteiger partial charge in [-0.05, 0) is 42.3 Å². The zero-order valence-electron chi connectivity index (χ0n) is 14.8. The lowest BCUT2D eigenvalue weighted by Crippen LogP contribution is -2.35. The van der Waals surface area contributed by atoms with Gasteiger partial charge in [0.15, 0.2) is 0 Å². The highest BCUT2D eigenvalue weighted by Gasteiger charge is 2.35. The van der Waals surface area contributed by atoms with Gasteiger partial charge in [0.05, 0.1) is 18.2 Å². The molecule has 140 valence electrons. The molecule has 0 atom stereocenters. The summed E-state index contributed by atoms with van der Waals surface area (Å²) in [6, 6.07) is 12.2. The quantitative estimate of drug-likeness (QED) is 0.742. The number of rotatable bonds is 7. The molecular formula is C20H19ClN2O4. The molecule has 0 unspecified atom stereocenters. The standard InChI is InChI=1S/C20H19ClN2O4/c1-27-15-4-2-3-13(11-15)7-9-22-18(24)8-10-23-19(25)16-6-5-14(21)12-17(16)20(23)26/h2-6,11-12H,7-10H2,1H3,(H,22,24). The molecule has 0 spiro atoms. The Balaban J connectivity index is 1.48. The molecule has 1 N–H and O–H groups in total. The van der Waals surface area contributed by atoms with Gasteiger partial charge in [-0.3, -0.25) is 19.3 Å². The lowest BCUT2D eigenvalue weighted by molar-refractivity contribution is -0.121. The van der Waals surface area contributed by atoms with E-state index in [0.717, 1.165) is 16.2 Å². The van der Waals surface area contributed by atoms with Crippen molar-refractivity contribution >= 4 is 29.3 Å². The first-order valence-electron chi connectivity index (χ1n) is 8.55. The van der Waals surface area contributed by atoms with Gasteiger partial charge in [-0.15, -0.1) is 0 Å². The van der Waals surface area contributed by atoms with Gasteiger partial charge in [0.1, 0.15) is 5.75 Å². The number of nitrogens with zero attached hydrogens (tertiary/aromatic N) is 1. The lowest BCUT2D eigenvalue weighted by atomic mass is 10.1. The van der Waals surface area contributed by atoms with Gasteiger partial charge in [-0.1, -0.05) is 23.7 Å². The Morgan fingerprint density at radius 3 is 2.67 bits per heavy atom. The molecule has 1 heterocycles. The molecule has 2 aromatic rings. The molecule has 1 aliphatic heterocycles. The maximum Gasteiger partial charge on any atom is 0.261 e. The Bertz CT molecular complexity index is 897. The Kier molecular flexibility index (Phi) is 5.76. The number of carbonyl (C=O) groups is 3. The summed E-state index contributed by atoms with van der Waals surface area (Å²) in [5, 5.41) is 3.20. The molecule has 3 rings (SSSR count). The fourth-order valence-electron chi connectivity index (χ4n) is 2.94. The van der Waals surface area contributed by atoms with Crippen LogP contribution in [0.15, 0.2) is 42.5 Å². The zero-order valence-corrected chi connectivity index (χ0v) is 15.6. The fraction of sp³-hybridized carbons (Fsp3) is 0.250. The van der Waals surface area contributed by atoms with Crippen molar-refractivity contribution in [1.82, 2.24) is 10.2 Å². The predicted molar refractivity (Wildman–Crippen MR) is 101 cm³/mol. The third-order valence-corrected chi connectivity index (χ3v) is 4.60. The van der Waals surface area contributed by atoms with Crippen LogP contribution in [0.1, 0.15) is 32.7 Å². The number of amides is 3. The average molecular weight is 387 g/mol. The van der Waals surface area contributed by atoms with E-state index in [0.29, 0.717) is 23.6 Å². The van der Waals surface area contributed by atoms with Crippen molar-refractivity contribution in [3.05, 3.63) is 64.2 Å². The van der Waals surface area contributed by atoms with E-state index in [2.05, 4.69) is 5.32 Å². The second-order valence-electron chi connectivity index (χ2n) is 6.15. The van der Waals surface area contributed by atoms with Gasteiger partial charge in [0.25, 0.3) is 11.8 Å². The molecule has 1 aliphatic rings. The van der Waals surface area contributed by atoms with Crippen molar-refractivity contribution in [2.24, 2.45) is 0 Å². The molecule has 0 bridgehead atoms. The third kappa shape index (κ3) is 4.28. The third-order valence-electron chi connectivity index (χ3n) is 4.37. The summed E-state index contributed by atoms with van der Waals surface area (Å²) in [7, 11) is 1.61. The van der Waals surface area contributed by atoms with E-state index in [1.54, 1.807) is 13.2 Å². The highest BCUT2D eigenvalue weighted by molar-refractivity contribution is 6.32. The van der Waals surface area contributed by atoms with Crippen LogP contribution in [0.25, 0.3) is 0 Å². The summed E-state index contributed by atoms with van der Waals surface area (Å²) < 4.78 is 5.17. The number of methoxy groups -OCH3 is 1. The van der Waals surface area contributed by atoms with E-state index in [1.807, 2.05) is 24.3 Å². The normalized spacial score (nSPS) is 12.9. The van der Waals surface area contributed by atoms with Crippen LogP contribution < -0.4 is 10.1 Å². The second-order valence-corrected chi connectivity index (χ2v) is 6.59. The van der Waals surface area contributed by atoms with Crippen LogP contribution in [0.3, 0.4) is 0 Å². The minimum atomic E-state index is -0.415. The van der Waals surface area contributed by atoms with E-state index in [9.17, 15) is 14.4 Å². The first-order chi connectivity index (χ1) is 13.0. The van der Waals surface area contributed by atoms with Gasteiger partial charge >= 0.3 is 0 Å². The number of hydrogen-bond donors (Lipinski definition) is 1. The van der Waals surface area contributed by atoms with E-state index in [1.165, 1.54) is 12.1 Å². The van der Waals surface area contributed by atoms with Crippen molar-refractivity contribution in [2.45, 2.75) is 12.8 Å². The molecule has 0 saturated heterocycles. The molecule has 0 aromatic heterocycles. The maximum absolute atomic E-state index is 12.3. The Morgan fingerprint density at radius 2 is 1.89 bits per heavy atom. The number of fused-ring (bicyclic) bond motifs is 1. The largest absolute Gasteiger partial charge is 0.497 e. The summed E-state index contributed by atoms with van der Waals surface area (Å²) in [6.07, 6.45) is 0.714. The molecule has 0 radical (unpaired) electrons. The molecule has 3 amide bonds. The predicted octanol–water partition coefficient (Wildman–Crippen LogP) is 2.69. The van der Waals surface area contributed by atoms with Crippen molar-refractivity contribution in [1.29, 1.82) is 0 Å². The Morgan fingerprint density at radius 1 is 1.11 bits per heavy atom. The smallest absolute Gasteiger partial charge is 0.261 e. The monoisotopic (exact) mass is 386 g/mol. The minimum absolute atomic E-state index is 0.0367. The molecule has 2 aromatic carbocycles. The van der Waals surface area contributed by atoms with Gasteiger partial charge < -0.3 is 10.1 Å². The van der Waals surface area contributed by atoms with Gasteiger partial charge in [-0.2, -0.15) is 0 Å². The fourth-order valence-corrected chi connectivity index (χ4v) is 3.11. The SMILES string of the molecule is COc1cccc(CCNC(=O)CCN2C(=O)c3ccc(Cl)cc3C2=O)c1. The van der Waals surface area contributed by atoms with Crippen molar-refractivity contribution in [3.8, 4) is 5.75 Å². The number of halogens is 1. The van der Waals surface area contributed by atoms with Gasteiger partial charge in [-0.25, -0.2) is 0 Å². The summed E-state index contributed by atoms with van der Waals surface area (Å²) in [5.41, 5.74) is 1.65. The van der Waals surface area contributed by atoms with Crippen molar-refractivity contribution < 1.29 is 19.1 Å². The number of imide groups is 1. The first-order valence-corrected chi connectivity index (χ1v) is 8.93. The summed E-state index contributed by atoms with van der Waals surface area (Å²) >= 11 is 5.88. The minimum Gasteiger partial charge on any atom is -0.497 e. The van der Waals surface area contributed by atoms with Crippen LogP contribution in [0.4, 0.5) is 0 Å².